The lowest BCUT2D eigenvalue weighted by Gasteiger charge is -2.13. The van der Waals surface area contributed by atoms with E-state index in [1.807, 2.05) is 29.8 Å². The number of hydrogen-bond donors (Lipinski definition) is 1. The second-order valence-corrected chi connectivity index (χ2v) is 8.66. The fraction of sp³-hybridized carbons (Fsp3) is 0.556. The van der Waals surface area contributed by atoms with Gasteiger partial charge in [0.15, 0.2) is 5.82 Å². The first kappa shape index (κ1) is 18.1. The summed E-state index contributed by atoms with van der Waals surface area (Å²) in [6.45, 7) is 2.51. The van der Waals surface area contributed by atoms with Crippen molar-refractivity contribution in [1.82, 2.24) is 19.5 Å². The Morgan fingerprint density at radius 2 is 1.92 bits per heavy atom. The Hall–Kier alpha value is -1.73. The van der Waals surface area contributed by atoms with Gasteiger partial charge in [0.1, 0.15) is 5.82 Å². The molecule has 1 aliphatic rings. The SMILES string of the molecule is CC(NS(C)(=O)=O)c1nc(C2CCCC2)nn1CCc1ccccc1. The fourth-order valence-corrected chi connectivity index (χ4v) is 4.22. The molecule has 0 radical (unpaired) electrons. The summed E-state index contributed by atoms with van der Waals surface area (Å²) in [6, 6.07) is 9.83. The van der Waals surface area contributed by atoms with E-state index in [4.69, 9.17) is 10.1 Å². The van der Waals surface area contributed by atoms with E-state index < -0.39 is 16.1 Å². The van der Waals surface area contributed by atoms with E-state index >= 15 is 0 Å². The van der Waals surface area contributed by atoms with Crippen LogP contribution in [0.1, 0.15) is 61.8 Å². The lowest BCUT2D eigenvalue weighted by Crippen LogP contribution is -2.28. The minimum Gasteiger partial charge on any atom is -0.248 e. The lowest BCUT2D eigenvalue weighted by molar-refractivity contribution is 0.519. The van der Waals surface area contributed by atoms with Crippen LogP contribution in [-0.4, -0.2) is 29.4 Å². The number of nitrogens with zero attached hydrogens (tertiary/aromatic N) is 3. The monoisotopic (exact) mass is 362 g/mol. The van der Waals surface area contributed by atoms with E-state index in [0.717, 1.165) is 25.1 Å². The van der Waals surface area contributed by atoms with Gasteiger partial charge in [0.25, 0.3) is 0 Å². The number of nitrogens with one attached hydrogen (secondary N) is 1. The van der Waals surface area contributed by atoms with Gasteiger partial charge in [0.05, 0.1) is 12.3 Å². The highest BCUT2D eigenvalue weighted by atomic mass is 32.2. The van der Waals surface area contributed by atoms with Gasteiger partial charge in [-0.2, -0.15) is 5.10 Å². The van der Waals surface area contributed by atoms with Gasteiger partial charge >= 0.3 is 0 Å². The van der Waals surface area contributed by atoms with E-state index in [1.165, 1.54) is 24.7 Å². The molecule has 7 heteroatoms. The Morgan fingerprint density at radius 1 is 1.24 bits per heavy atom. The minimum atomic E-state index is -3.30. The first-order valence-electron chi connectivity index (χ1n) is 8.88. The Balaban J connectivity index is 1.82. The van der Waals surface area contributed by atoms with Crippen molar-refractivity contribution in [2.24, 2.45) is 0 Å². The molecular weight excluding hydrogens is 336 g/mol. The summed E-state index contributed by atoms with van der Waals surface area (Å²) in [4.78, 5) is 4.71. The molecule has 1 heterocycles. The third-order valence-corrected chi connectivity index (χ3v) is 5.45. The predicted octanol–water partition coefficient (Wildman–Crippen LogP) is 2.79. The van der Waals surface area contributed by atoms with Gasteiger partial charge in [0.2, 0.25) is 10.0 Å². The van der Waals surface area contributed by atoms with Crippen LogP contribution >= 0.6 is 0 Å². The fourth-order valence-electron chi connectivity index (χ4n) is 3.47. The van der Waals surface area contributed by atoms with Gasteiger partial charge in [-0.25, -0.2) is 22.8 Å². The Morgan fingerprint density at radius 3 is 2.56 bits per heavy atom. The molecule has 136 valence electrons. The summed E-state index contributed by atoms with van der Waals surface area (Å²) in [5, 5.41) is 4.73. The number of benzene rings is 1. The molecule has 25 heavy (non-hydrogen) atoms. The van der Waals surface area contributed by atoms with Crippen LogP contribution in [0.15, 0.2) is 30.3 Å². The largest absolute Gasteiger partial charge is 0.248 e. The molecule has 3 rings (SSSR count). The van der Waals surface area contributed by atoms with Gasteiger partial charge in [-0.15, -0.1) is 0 Å². The molecule has 6 nitrogen and oxygen atoms in total. The first-order valence-corrected chi connectivity index (χ1v) is 10.8. The summed E-state index contributed by atoms with van der Waals surface area (Å²) >= 11 is 0. The molecule has 1 aromatic heterocycles. The van der Waals surface area contributed by atoms with Crippen molar-refractivity contribution in [1.29, 1.82) is 0 Å². The highest BCUT2D eigenvalue weighted by molar-refractivity contribution is 7.88. The van der Waals surface area contributed by atoms with Crippen LogP contribution < -0.4 is 4.72 Å². The van der Waals surface area contributed by atoms with Crippen molar-refractivity contribution in [2.45, 2.75) is 57.5 Å². The minimum absolute atomic E-state index is 0.395. The molecule has 0 saturated heterocycles. The summed E-state index contributed by atoms with van der Waals surface area (Å²) in [5.74, 6) is 1.97. The number of aryl methyl sites for hydroxylation is 2. The van der Waals surface area contributed by atoms with E-state index in [-0.39, 0.29) is 0 Å². The quantitative estimate of drug-likeness (QED) is 0.822. The van der Waals surface area contributed by atoms with Gasteiger partial charge in [-0.3, -0.25) is 0 Å². The van der Waals surface area contributed by atoms with Gasteiger partial charge in [-0.05, 0) is 31.7 Å². The van der Waals surface area contributed by atoms with E-state index in [2.05, 4.69) is 16.9 Å². The van der Waals surface area contributed by atoms with Crippen LogP contribution in [0.5, 0.6) is 0 Å². The smallest absolute Gasteiger partial charge is 0.209 e. The van der Waals surface area contributed by atoms with Crippen molar-refractivity contribution in [3.05, 3.63) is 47.5 Å². The van der Waals surface area contributed by atoms with E-state index in [9.17, 15) is 8.42 Å². The van der Waals surface area contributed by atoms with Gasteiger partial charge in [0, 0.05) is 12.5 Å². The maximum atomic E-state index is 11.6. The topological polar surface area (TPSA) is 76.9 Å². The predicted molar refractivity (Wildman–Crippen MR) is 97.8 cm³/mol. The number of sulfonamides is 1. The van der Waals surface area contributed by atoms with Crippen molar-refractivity contribution in [2.75, 3.05) is 6.26 Å². The molecule has 1 aromatic carbocycles. The molecule has 2 aromatic rings. The summed E-state index contributed by atoms with van der Waals surface area (Å²) in [5.41, 5.74) is 1.23. The average Bonchev–Trinajstić information content (AvgIpc) is 3.21. The molecule has 0 amide bonds. The van der Waals surface area contributed by atoms with Crippen LogP contribution in [0.25, 0.3) is 0 Å². The average molecular weight is 362 g/mol. The standard InChI is InChI=1S/C18H26N4O2S/c1-14(21-25(2,23)24)18-19-17(16-10-6-7-11-16)20-22(18)13-12-15-8-4-3-5-9-15/h3-5,8-9,14,16,21H,6-7,10-13H2,1-2H3. The van der Waals surface area contributed by atoms with E-state index in [0.29, 0.717) is 18.3 Å². The lowest BCUT2D eigenvalue weighted by atomic mass is 10.1. The first-order chi connectivity index (χ1) is 11.9. The van der Waals surface area contributed by atoms with Crippen LogP contribution in [-0.2, 0) is 23.0 Å². The molecule has 1 atom stereocenters. The summed E-state index contributed by atoms with van der Waals surface area (Å²) < 4.78 is 27.7. The zero-order valence-corrected chi connectivity index (χ0v) is 15.7. The van der Waals surface area contributed by atoms with Crippen LogP contribution in [0.3, 0.4) is 0 Å². The van der Waals surface area contributed by atoms with Crippen molar-refractivity contribution < 1.29 is 8.42 Å². The van der Waals surface area contributed by atoms with E-state index in [1.54, 1.807) is 0 Å². The highest BCUT2D eigenvalue weighted by Gasteiger charge is 2.25. The Kier molecular flexibility index (Phi) is 5.54. The van der Waals surface area contributed by atoms with Crippen LogP contribution in [0.4, 0.5) is 0 Å². The molecule has 1 saturated carbocycles. The number of rotatable bonds is 7. The molecule has 0 bridgehead atoms. The zero-order valence-electron chi connectivity index (χ0n) is 14.9. The van der Waals surface area contributed by atoms with Crippen molar-refractivity contribution in [3.63, 3.8) is 0 Å². The van der Waals surface area contributed by atoms with Gasteiger partial charge < -0.3 is 0 Å². The third kappa shape index (κ3) is 4.89. The Labute approximate surface area is 149 Å². The molecule has 0 spiro atoms. The van der Waals surface area contributed by atoms with Crippen molar-refractivity contribution >= 4 is 10.0 Å². The number of aromatic nitrogens is 3. The molecular formula is C18H26N4O2S. The number of hydrogen-bond acceptors (Lipinski definition) is 4. The summed E-state index contributed by atoms with van der Waals surface area (Å²) in [6.07, 6.45) is 6.69. The maximum absolute atomic E-state index is 11.6. The molecule has 1 unspecified atom stereocenters. The summed E-state index contributed by atoms with van der Waals surface area (Å²) in [7, 11) is -3.30. The molecule has 1 N–H and O–H groups in total. The zero-order chi connectivity index (χ0) is 17.9. The normalized spacial score (nSPS) is 17.0. The second-order valence-electron chi connectivity index (χ2n) is 6.88. The Bertz CT molecular complexity index is 796. The van der Waals surface area contributed by atoms with Gasteiger partial charge in [-0.1, -0.05) is 43.2 Å². The molecule has 1 aliphatic carbocycles. The molecule has 1 fully saturated rings. The second kappa shape index (κ2) is 7.66. The third-order valence-electron chi connectivity index (χ3n) is 4.67. The highest BCUT2D eigenvalue weighted by Crippen LogP contribution is 2.32. The van der Waals surface area contributed by atoms with Crippen molar-refractivity contribution in [3.8, 4) is 0 Å². The maximum Gasteiger partial charge on any atom is 0.209 e. The molecule has 0 aliphatic heterocycles. The van der Waals surface area contributed by atoms with Crippen LogP contribution in [0.2, 0.25) is 0 Å². The van der Waals surface area contributed by atoms with Crippen LogP contribution in [0, 0.1) is 0 Å².